The predicted molar refractivity (Wildman–Crippen MR) is 67.0 cm³/mol. The van der Waals surface area contributed by atoms with Gasteiger partial charge in [-0.2, -0.15) is 0 Å². The van der Waals surface area contributed by atoms with Crippen LogP contribution in [0.1, 0.15) is 0 Å². The van der Waals surface area contributed by atoms with E-state index in [1.165, 1.54) is 7.05 Å². The van der Waals surface area contributed by atoms with Crippen LogP contribution in [0.2, 0.25) is 0 Å². The summed E-state index contributed by atoms with van der Waals surface area (Å²) in [6.45, 7) is -0.553. The highest BCUT2D eigenvalue weighted by Crippen LogP contribution is 2.25. The van der Waals surface area contributed by atoms with Crippen LogP contribution in [0.15, 0.2) is 23.1 Å². The van der Waals surface area contributed by atoms with Crippen LogP contribution >= 0.6 is 0 Å². The molecule has 1 amide bonds. The van der Waals surface area contributed by atoms with Crippen molar-refractivity contribution < 1.29 is 18.1 Å². The Morgan fingerprint density at radius 1 is 1.47 bits per heavy atom. The van der Waals surface area contributed by atoms with Crippen molar-refractivity contribution in [2.45, 2.75) is 4.90 Å². The van der Waals surface area contributed by atoms with Crippen molar-refractivity contribution in [3.8, 4) is 0 Å². The van der Waals surface area contributed by atoms with Gasteiger partial charge in [0.15, 0.2) is 0 Å². The van der Waals surface area contributed by atoms with Gasteiger partial charge in [0, 0.05) is 19.2 Å². The lowest BCUT2D eigenvalue weighted by Gasteiger charge is -2.10. The molecule has 1 aromatic rings. The van der Waals surface area contributed by atoms with E-state index in [0.717, 1.165) is 18.2 Å². The van der Waals surface area contributed by atoms with Crippen LogP contribution in [-0.4, -0.2) is 32.8 Å². The average molecular weight is 288 g/mol. The van der Waals surface area contributed by atoms with Gasteiger partial charge in [0.1, 0.15) is 4.90 Å². The number of carbonyl (C=O) groups is 1. The van der Waals surface area contributed by atoms with Gasteiger partial charge < -0.3 is 11.1 Å². The van der Waals surface area contributed by atoms with E-state index in [9.17, 15) is 23.3 Å². The van der Waals surface area contributed by atoms with Crippen LogP contribution in [-0.2, 0) is 14.8 Å². The average Bonchev–Trinajstić information content (AvgIpc) is 2.35. The van der Waals surface area contributed by atoms with Crippen molar-refractivity contribution >= 4 is 27.3 Å². The number of hydrogen-bond acceptors (Lipinski definition) is 6. The summed E-state index contributed by atoms with van der Waals surface area (Å²) in [7, 11) is -2.55. The number of hydrogen-bond donors (Lipinski definition) is 3. The van der Waals surface area contributed by atoms with Crippen LogP contribution in [0, 0.1) is 10.1 Å². The summed E-state index contributed by atoms with van der Waals surface area (Å²) in [5, 5.41) is 13.1. The Morgan fingerprint density at radius 3 is 2.58 bits per heavy atom. The van der Waals surface area contributed by atoms with E-state index in [1.807, 2.05) is 4.72 Å². The number of rotatable bonds is 6. The molecule has 0 fully saturated rings. The maximum absolute atomic E-state index is 11.9. The summed E-state index contributed by atoms with van der Waals surface area (Å²) in [5.41, 5.74) is 4.64. The molecule has 0 atom stereocenters. The molecule has 19 heavy (non-hydrogen) atoms. The second kappa shape index (κ2) is 5.63. The van der Waals surface area contributed by atoms with Gasteiger partial charge in [-0.25, -0.2) is 13.1 Å². The summed E-state index contributed by atoms with van der Waals surface area (Å²) in [6, 6.07) is 3.21. The molecule has 0 radical (unpaired) electrons. The number of nitrogens with one attached hydrogen (secondary N) is 2. The van der Waals surface area contributed by atoms with Gasteiger partial charge in [0.05, 0.1) is 17.2 Å². The Kier molecular flexibility index (Phi) is 4.40. The zero-order valence-corrected chi connectivity index (χ0v) is 10.7. The molecular weight excluding hydrogens is 276 g/mol. The first-order valence-electron chi connectivity index (χ1n) is 5.02. The number of non-ortho nitro benzene ring substituents is 1. The lowest BCUT2D eigenvalue weighted by atomic mass is 10.3. The highest BCUT2D eigenvalue weighted by atomic mass is 32.2. The molecule has 0 aliphatic rings. The van der Waals surface area contributed by atoms with Gasteiger partial charge in [0.25, 0.3) is 5.69 Å². The maximum Gasteiger partial charge on any atom is 0.271 e. The number of primary amides is 1. The summed E-state index contributed by atoms with van der Waals surface area (Å²) in [5.74, 6) is -0.837. The minimum atomic E-state index is -3.98. The minimum Gasteiger partial charge on any atom is -0.387 e. The van der Waals surface area contributed by atoms with E-state index in [-0.39, 0.29) is 16.3 Å². The van der Waals surface area contributed by atoms with Crippen molar-refractivity contribution in [2.24, 2.45) is 5.73 Å². The highest BCUT2D eigenvalue weighted by molar-refractivity contribution is 7.89. The molecule has 0 aliphatic carbocycles. The molecule has 0 heterocycles. The van der Waals surface area contributed by atoms with Gasteiger partial charge >= 0.3 is 0 Å². The molecule has 4 N–H and O–H groups in total. The van der Waals surface area contributed by atoms with E-state index in [4.69, 9.17) is 5.73 Å². The number of nitro benzene ring substituents is 1. The molecule has 1 aromatic carbocycles. The van der Waals surface area contributed by atoms with Crippen LogP contribution < -0.4 is 15.8 Å². The minimum absolute atomic E-state index is 0.0474. The van der Waals surface area contributed by atoms with Crippen LogP contribution in [0.25, 0.3) is 0 Å². The van der Waals surface area contributed by atoms with E-state index in [0.29, 0.717) is 0 Å². The summed E-state index contributed by atoms with van der Waals surface area (Å²) >= 11 is 0. The summed E-state index contributed by atoms with van der Waals surface area (Å²) in [6.07, 6.45) is 0. The second-order valence-corrected chi connectivity index (χ2v) is 5.21. The monoisotopic (exact) mass is 288 g/mol. The van der Waals surface area contributed by atoms with Crippen LogP contribution in [0.5, 0.6) is 0 Å². The van der Waals surface area contributed by atoms with E-state index < -0.39 is 27.4 Å². The standard InChI is InChI=1S/C9H12N4O5S/c1-11-7-4-6(13(15)16)2-3-8(7)19(17,18)12-5-9(10)14/h2-4,11-12H,5H2,1H3,(H2,10,14). The van der Waals surface area contributed by atoms with Gasteiger partial charge in [0.2, 0.25) is 15.9 Å². The summed E-state index contributed by atoms with van der Waals surface area (Å²) in [4.78, 5) is 20.3. The smallest absolute Gasteiger partial charge is 0.271 e. The number of sulfonamides is 1. The summed E-state index contributed by atoms with van der Waals surface area (Å²) < 4.78 is 25.7. The Hall–Kier alpha value is -2.20. The van der Waals surface area contributed by atoms with Crippen LogP contribution in [0.4, 0.5) is 11.4 Å². The number of nitrogens with two attached hydrogens (primary N) is 1. The molecule has 0 unspecified atom stereocenters. The van der Waals surface area contributed by atoms with Gasteiger partial charge in [-0.15, -0.1) is 0 Å². The Bertz CT molecular complexity index is 613. The third-order valence-corrected chi connectivity index (χ3v) is 3.63. The molecule has 0 saturated heterocycles. The topological polar surface area (TPSA) is 144 Å². The third kappa shape index (κ3) is 3.63. The molecule has 0 saturated carbocycles. The van der Waals surface area contributed by atoms with Crippen molar-refractivity contribution in [3.63, 3.8) is 0 Å². The lowest BCUT2D eigenvalue weighted by Crippen LogP contribution is -2.33. The molecule has 104 valence electrons. The number of benzene rings is 1. The van der Waals surface area contributed by atoms with E-state index in [2.05, 4.69) is 5.32 Å². The molecule has 1 rings (SSSR count). The molecule has 0 spiro atoms. The second-order valence-electron chi connectivity index (χ2n) is 3.48. The number of carbonyl (C=O) groups excluding carboxylic acids is 1. The highest BCUT2D eigenvalue weighted by Gasteiger charge is 2.21. The number of nitro groups is 1. The number of nitrogens with zero attached hydrogens (tertiary/aromatic N) is 1. The fraction of sp³-hybridized carbons (Fsp3) is 0.222. The Balaban J connectivity index is 3.19. The van der Waals surface area contributed by atoms with Crippen molar-refractivity contribution in [2.75, 3.05) is 18.9 Å². The molecule has 0 bridgehead atoms. The first kappa shape index (κ1) is 14.9. The number of amides is 1. The molecule has 9 nitrogen and oxygen atoms in total. The maximum atomic E-state index is 11.9. The van der Waals surface area contributed by atoms with E-state index in [1.54, 1.807) is 0 Å². The fourth-order valence-electron chi connectivity index (χ4n) is 1.31. The first-order valence-corrected chi connectivity index (χ1v) is 6.50. The quantitative estimate of drug-likeness (QED) is 0.471. The number of anilines is 1. The largest absolute Gasteiger partial charge is 0.387 e. The zero-order chi connectivity index (χ0) is 14.6. The van der Waals surface area contributed by atoms with Crippen LogP contribution in [0.3, 0.4) is 0 Å². The first-order chi connectivity index (χ1) is 8.77. The fourth-order valence-corrected chi connectivity index (χ4v) is 2.49. The van der Waals surface area contributed by atoms with Crippen molar-refractivity contribution in [1.82, 2.24) is 4.72 Å². The molecular formula is C9H12N4O5S. The van der Waals surface area contributed by atoms with Gasteiger partial charge in [-0.3, -0.25) is 14.9 Å². The Labute approximate surface area is 109 Å². The molecule has 0 aliphatic heterocycles. The van der Waals surface area contributed by atoms with Gasteiger partial charge in [-0.1, -0.05) is 0 Å². The molecule has 0 aromatic heterocycles. The van der Waals surface area contributed by atoms with Crippen molar-refractivity contribution in [1.29, 1.82) is 0 Å². The van der Waals surface area contributed by atoms with Gasteiger partial charge in [-0.05, 0) is 6.07 Å². The lowest BCUT2D eigenvalue weighted by molar-refractivity contribution is -0.384. The zero-order valence-electron chi connectivity index (χ0n) is 9.91. The van der Waals surface area contributed by atoms with E-state index >= 15 is 0 Å². The normalized spacial score (nSPS) is 11.0. The third-order valence-electron chi connectivity index (χ3n) is 2.17. The predicted octanol–water partition coefficient (Wildman–Crippen LogP) is -0.600. The Morgan fingerprint density at radius 2 is 2.11 bits per heavy atom. The molecule has 10 heteroatoms. The van der Waals surface area contributed by atoms with Crippen molar-refractivity contribution in [3.05, 3.63) is 28.3 Å². The SMILES string of the molecule is CNc1cc([N+](=O)[O-])ccc1S(=O)(=O)NCC(N)=O.